The number of carbonyl (C=O) groups is 1. The van der Waals surface area contributed by atoms with Crippen LogP contribution in [0, 0.1) is 23.7 Å². The molecule has 2 aliphatic carbocycles. The van der Waals surface area contributed by atoms with Gasteiger partial charge in [0.2, 0.25) is 0 Å². The zero-order valence-electron chi connectivity index (χ0n) is 11.5. The van der Waals surface area contributed by atoms with E-state index in [-0.39, 0.29) is 17.9 Å². The highest BCUT2D eigenvalue weighted by atomic mass is 16.7. The first kappa shape index (κ1) is 13.4. The van der Waals surface area contributed by atoms with Crippen molar-refractivity contribution in [2.75, 3.05) is 0 Å². The van der Waals surface area contributed by atoms with Gasteiger partial charge in [0.05, 0.1) is 5.92 Å². The van der Waals surface area contributed by atoms with Crippen LogP contribution in [0.1, 0.15) is 51.9 Å². The number of hydrogen-bond donors (Lipinski definition) is 2. The van der Waals surface area contributed by atoms with Gasteiger partial charge in [0.1, 0.15) is 6.10 Å². The van der Waals surface area contributed by atoms with Crippen LogP contribution in [0.3, 0.4) is 0 Å². The first-order chi connectivity index (χ1) is 9.01. The van der Waals surface area contributed by atoms with Gasteiger partial charge in [-0.3, -0.25) is 4.79 Å². The number of aliphatic hydroxyl groups is 1. The first-order valence-corrected chi connectivity index (χ1v) is 7.64. The number of carboxylic acids is 1. The van der Waals surface area contributed by atoms with E-state index in [0.29, 0.717) is 24.7 Å². The molecule has 3 rings (SSSR count). The van der Waals surface area contributed by atoms with Crippen molar-refractivity contribution in [3.63, 3.8) is 0 Å². The summed E-state index contributed by atoms with van der Waals surface area (Å²) in [6, 6.07) is 0. The van der Waals surface area contributed by atoms with E-state index in [9.17, 15) is 15.0 Å². The van der Waals surface area contributed by atoms with Gasteiger partial charge in [-0.05, 0) is 24.2 Å². The molecule has 0 aromatic carbocycles. The second-order valence-electron chi connectivity index (χ2n) is 6.76. The summed E-state index contributed by atoms with van der Waals surface area (Å²) < 4.78 is 5.31. The number of rotatable bonds is 3. The maximum atomic E-state index is 11.5. The summed E-state index contributed by atoms with van der Waals surface area (Å²) in [4.78, 5) is 11.5. The van der Waals surface area contributed by atoms with Crippen molar-refractivity contribution >= 4 is 5.97 Å². The normalized spacial score (nSPS) is 44.4. The molecule has 0 spiro atoms. The lowest BCUT2D eigenvalue weighted by atomic mass is 9.65. The maximum absolute atomic E-state index is 11.5. The van der Waals surface area contributed by atoms with Crippen LogP contribution < -0.4 is 0 Å². The van der Waals surface area contributed by atoms with Crippen LogP contribution in [0.2, 0.25) is 0 Å². The molecule has 0 aromatic heterocycles. The highest BCUT2D eigenvalue weighted by Crippen LogP contribution is 2.53. The van der Waals surface area contributed by atoms with Crippen molar-refractivity contribution in [3.05, 3.63) is 0 Å². The highest BCUT2D eigenvalue weighted by Gasteiger charge is 2.63. The maximum Gasteiger partial charge on any atom is 0.306 e. The molecule has 3 fully saturated rings. The highest BCUT2D eigenvalue weighted by molar-refractivity contribution is 5.71. The molecular formula is C15H24O4. The third-order valence-corrected chi connectivity index (χ3v) is 5.69. The van der Waals surface area contributed by atoms with Crippen molar-refractivity contribution in [3.8, 4) is 0 Å². The van der Waals surface area contributed by atoms with Gasteiger partial charge in [-0.15, -0.1) is 0 Å². The van der Waals surface area contributed by atoms with Crippen LogP contribution in [0.5, 0.6) is 0 Å². The molecule has 4 nitrogen and oxygen atoms in total. The molecule has 5 unspecified atom stereocenters. The van der Waals surface area contributed by atoms with E-state index in [0.717, 1.165) is 0 Å². The Hall–Kier alpha value is -0.610. The zero-order valence-corrected chi connectivity index (χ0v) is 11.5. The van der Waals surface area contributed by atoms with Gasteiger partial charge in [0.15, 0.2) is 5.79 Å². The molecule has 3 aliphatic rings. The Morgan fingerprint density at radius 3 is 2.63 bits per heavy atom. The fourth-order valence-electron chi connectivity index (χ4n) is 4.36. The number of fused-ring (bicyclic) bond motifs is 1. The molecule has 0 aromatic rings. The molecule has 1 aliphatic heterocycles. The lowest BCUT2D eigenvalue weighted by molar-refractivity contribution is -0.147. The fourth-order valence-corrected chi connectivity index (χ4v) is 4.36. The van der Waals surface area contributed by atoms with E-state index in [1.54, 1.807) is 0 Å². The van der Waals surface area contributed by atoms with Crippen molar-refractivity contribution in [1.29, 1.82) is 0 Å². The Balaban J connectivity index is 1.73. The monoisotopic (exact) mass is 268 g/mol. The predicted octanol–water partition coefficient (Wildman–Crippen LogP) is 2.40. The molecule has 4 heteroatoms. The SMILES string of the molecule is CC(C1CCCCC1)C1CC2(O)OC2CC1C(=O)O. The first-order valence-electron chi connectivity index (χ1n) is 7.64. The molecule has 1 heterocycles. The molecule has 1 saturated heterocycles. The summed E-state index contributed by atoms with van der Waals surface area (Å²) in [5.41, 5.74) is 0. The average Bonchev–Trinajstić information content (AvgIpc) is 3.07. The minimum atomic E-state index is -1.00. The van der Waals surface area contributed by atoms with Gasteiger partial charge in [0, 0.05) is 6.42 Å². The molecule has 0 radical (unpaired) electrons. The van der Waals surface area contributed by atoms with Gasteiger partial charge in [-0.1, -0.05) is 39.0 Å². The minimum Gasteiger partial charge on any atom is -0.481 e. The van der Waals surface area contributed by atoms with Crippen molar-refractivity contribution < 1.29 is 19.7 Å². The molecule has 5 atom stereocenters. The summed E-state index contributed by atoms with van der Waals surface area (Å²) in [5, 5.41) is 19.6. The van der Waals surface area contributed by atoms with Crippen LogP contribution in [0.15, 0.2) is 0 Å². The van der Waals surface area contributed by atoms with E-state index < -0.39 is 11.8 Å². The van der Waals surface area contributed by atoms with Crippen LogP contribution >= 0.6 is 0 Å². The minimum absolute atomic E-state index is 0.0596. The lowest BCUT2D eigenvalue weighted by Crippen LogP contribution is -2.41. The summed E-state index contributed by atoms with van der Waals surface area (Å²) in [6.07, 6.45) is 7.03. The van der Waals surface area contributed by atoms with Crippen LogP contribution in [0.4, 0.5) is 0 Å². The molecule has 2 N–H and O–H groups in total. The molecule has 108 valence electrons. The van der Waals surface area contributed by atoms with E-state index in [4.69, 9.17) is 4.74 Å². The van der Waals surface area contributed by atoms with Gasteiger partial charge in [-0.2, -0.15) is 0 Å². The van der Waals surface area contributed by atoms with Crippen molar-refractivity contribution in [2.24, 2.45) is 23.7 Å². The van der Waals surface area contributed by atoms with E-state index in [2.05, 4.69) is 6.92 Å². The fraction of sp³-hybridized carbons (Fsp3) is 0.933. The Kier molecular flexibility index (Phi) is 3.34. The average molecular weight is 268 g/mol. The topological polar surface area (TPSA) is 70.1 Å². The van der Waals surface area contributed by atoms with Crippen LogP contribution in [0.25, 0.3) is 0 Å². The quantitative estimate of drug-likeness (QED) is 0.771. The number of ether oxygens (including phenoxy) is 1. The number of carboxylic acid groups (broad SMARTS) is 1. The molecule has 0 bridgehead atoms. The molecule has 19 heavy (non-hydrogen) atoms. The van der Waals surface area contributed by atoms with E-state index in [1.165, 1.54) is 32.1 Å². The third-order valence-electron chi connectivity index (χ3n) is 5.69. The Morgan fingerprint density at radius 2 is 2.00 bits per heavy atom. The largest absolute Gasteiger partial charge is 0.481 e. The standard InChI is InChI=1S/C15H24O4/c1-9(10-5-3-2-4-6-10)12-8-15(18)13(19-15)7-11(12)14(16)17/h9-13,18H,2-8H2,1H3,(H,16,17). The zero-order chi connectivity index (χ0) is 13.6. The number of epoxide rings is 1. The van der Waals surface area contributed by atoms with Gasteiger partial charge in [-0.25, -0.2) is 0 Å². The van der Waals surface area contributed by atoms with Crippen molar-refractivity contribution in [2.45, 2.75) is 63.8 Å². The lowest BCUT2D eigenvalue weighted by Gasteiger charge is -2.38. The molecule has 2 saturated carbocycles. The summed E-state index contributed by atoms with van der Waals surface area (Å²) in [5.74, 6) is -1.01. The summed E-state index contributed by atoms with van der Waals surface area (Å²) in [6.45, 7) is 2.18. The number of hydrogen-bond acceptors (Lipinski definition) is 3. The Morgan fingerprint density at radius 1 is 1.32 bits per heavy atom. The third kappa shape index (κ3) is 2.40. The smallest absolute Gasteiger partial charge is 0.306 e. The Labute approximate surface area is 114 Å². The second kappa shape index (κ2) is 4.74. The number of aliphatic carboxylic acids is 1. The van der Waals surface area contributed by atoms with Gasteiger partial charge >= 0.3 is 5.97 Å². The van der Waals surface area contributed by atoms with Gasteiger partial charge in [0.25, 0.3) is 0 Å². The van der Waals surface area contributed by atoms with E-state index in [1.807, 2.05) is 0 Å². The Bertz CT molecular complexity index is 363. The predicted molar refractivity (Wildman–Crippen MR) is 69.4 cm³/mol. The van der Waals surface area contributed by atoms with Gasteiger partial charge < -0.3 is 14.9 Å². The molecule has 0 amide bonds. The summed E-state index contributed by atoms with van der Waals surface area (Å²) in [7, 11) is 0. The van der Waals surface area contributed by atoms with Crippen LogP contribution in [-0.2, 0) is 9.53 Å². The second-order valence-corrected chi connectivity index (χ2v) is 6.76. The van der Waals surface area contributed by atoms with Crippen molar-refractivity contribution in [1.82, 2.24) is 0 Å². The van der Waals surface area contributed by atoms with E-state index >= 15 is 0 Å². The molecular weight excluding hydrogens is 244 g/mol. The van der Waals surface area contributed by atoms with Crippen LogP contribution in [-0.4, -0.2) is 28.1 Å². The summed E-state index contributed by atoms with van der Waals surface area (Å²) >= 11 is 0.